The van der Waals surface area contributed by atoms with Crippen molar-refractivity contribution in [2.24, 2.45) is 0 Å². The largest absolute Gasteiger partial charge is 0.398 e. The first-order valence-electron chi connectivity index (χ1n) is 4.86. The summed E-state index contributed by atoms with van der Waals surface area (Å²) in [5.41, 5.74) is 5.40. The van der Waals surface area contributed by atoms with Crippen LogP contribution < -0.4 is 5.73 Å². The van der Waals surface area contributed by atoms with E-state index in [0.29, 0.717) is 0 Å². The summed E-state index contributed by atoms with van der Waals surface area (Å²) in [6, 6.07) is 1.60. The number of hydrogen-bond acceptors (Lipinski definition) is 2. The van der Waals surface area contributed by atoms with E-state index in [9.17, 15) is 13.6 Å². The second-order valence-electron chi connectivity index (χ2n) is 3.86. The number of anilines is 1. The van der Waals surface area contributed by atoms with Gasteiger partial charge in [0.15, 0.2) is 11.6 Å². The van der Waals surface area contributed by atoms with Gasteiger partial charge < -0.3 is 10.6 Å². The number of rotatable bonds is 2. The quantitative estimate of drug-likeness (QED) is 0.787. The van der Waals surface area contributed by atoms with Crippen molar-refractivity contribution < 1.29 is 13.6 Å². The van der Waals surface area contributed by atoms with Gasteiger partial charge in [0.25, 0.3) is 5.91 Å². The van der Waals surface area contributed by atoms with Gasteiger partial charge in [-0.25, -0.2) is 8.78 Å². The predicted octanol–water partition coefficient (Wildman–Crippen LogP) is 2.03. The van der Waals surface area contributed by atoms with E-state index in [2.05, 4.69) is 0 Å². The summed E-state index contributed by atoms with van der Waals surface area (Å²) in [6.45, 7) is 3.63. The van der Waals surface area contributed by atoms with Gasteiger partial charge in [0.2, 0.25) is 0 Å². The SMILES string of the molecule is CC(C)N(C)C(=O)c1cc(F)c(F)cc1N. The highest BCUT2D eigenvalue weighted by atomic mass is 19.2. The highest BCUT2D eigenvalue weighted by Gasteiger charge is 2.19. The van der Waals surface area contributed by atoms with Gasteiger partial charge in [0.1, 0.15) is 0 Å². The standard InChI is InChI=1S/C11H14F2N2O/c1-6(2)15(3)11(16)7-4-8(12)9(13)5-10(7)14/h4-6H,14H2,1-3H3. The zero-order valence-electron chi connectivity index (χ0n) is 9.42. The number of hydrogen-bond donors (Lipinski definition) is 1. The second-order valence-corrected chi connectivity index (χ2v) is 3.86. The molecule has 0 radical (unpaired) electrons. The number of carbonyl (C=O) groups is 1. The minimum atomic E-state index is -1.07. The third-order valence-corrected chi connectivity index (χ3v) is 2.42. The molecular formula is C11H14F2N2O. The number of nitrogens with two attached hydrogens (primary N) is 1. The molecule has 0 aliphatic carbocycles. The van der Waals surface area contributed by atoms with E-state index in [4.69, 9.17) is 5.73 Å². The highest BCUT2D eigenvalue weighted by molar-refractivity contribution is 5.99. The molecule has 1 aromatic carbocycles. The molecule has 0 atom stereocenters. The fourth-order valence-electron chi connectivity index (χ4n) is 1.17. The minimum absolute atomic E-state index is 0.0184. The van der Waals surface area contributed by atoms with Crippen LogP contribution in [0.25, 0.3) is 0 Å². The Morgan fingerprint density at radius 1 is 1.31 bits per heavy atom. The lowest BCUT2D eigenvalue weighted by Gasteiger charge is -2.22. The molecule has 0 spiro atoms. The van der Waals surface area contributed by atoms with E-state index < -0.39 is 17.5 Å². The molecule has 0 aliphatic rings. The van der Waals surface area contributed by atoms with Crippen molar-refractivity contribution in [3.05, 3.63) is 29.3 Å². The number of amides is 1. The highest BCUT2D eigenvalue weighted by Crippen LogP contribution is 2.19. The maximum Gasteiger partial charge on any atom is 0.256 e. The third kappa shape index (κ3) is 2.29. The van der Waals surface area contributed by atoms with Crippen molar-refractivity contribution in [3.8, 4) is 0 Å². The third-order valence-electron chi connectivity index (χ3n) is 2.42. The molecule has 0 aromatic heterocycles. The van der Waals surface area contributed by atoms with Gasteiger partial charge in [-0.1, -0.05) is 0 Å². The van der Waals surface area contributed by atoms with Crippen LogP contribution in [-0.2, 0) is 0 Å². The van der Waals surface area contributed by atoms with Crippen LogP contribution in [0, 0.1) is 11.6 Å². The van der Waals surface area contributed by atoms with Crippen LogP contribution in [0.5, 0.6) is 0 Å². The summed E-state index contributed by atoms with van der Waals surface area (Å²) in [5.74, 6) is -2.55. The summed E-state index contributed by atoms with van der Waals surface area (Å²) in [6.07, 6.45) is 0. The summed E-state index contributed by atoms with van der Waals surface area (Å²) in [7, 11) is 1.58. The van der Waals surface area contributed by atoms with Crippen LogP contribution in [0.15, 0.2) is 12.1 Å². The molecule has 16 heavy (non-hydrogen) atoms. The molecule has 5 heteroatoms. The van der Waals surface area contributed by atoms with Crippen molar-refractivity contribution >= 4 is 11.6 Å². The van der Waals surface area contributed by atoms with Crippen LogP contribution >= 0.6 is 0 Å². The summed E-state index contributed by atoms with van der Waals surface area (Å²) in [4.78, 5) is 13.2. The van der Waals surface area contributed by atoms with E-state index in [1.54, 1.807) is 7.05 Å². The summed E-state index contributed by atoms with van der Waals surface area (Å²) < 4.78 is 25.8. The first kappa shape index (κ1) is 12.4. The maximum absolute atomic E-state index is 13.0. The van der Waals surface area contributed by atoms with E-state index in [1.165, 1.54) is 4.90 Å². The lowest BCUT2D eigenvalue weighted by Crippen LogP contribution is -2.33. The number of benzene rings is 1. The van der Waals surface area contributed by atoms with Gasteiger partial charge in [-0.3, -0.25) is 4.79 Å². The van der Waals surface area contributed by atoms with Gasteiger partial charge in [0, 0.05) is 24.8 Å². The second kappa shape index (κ2) is 4.47. The first-order chi connectivity index (χ1) is 7.34. The molecule has 1 amide bonds. The maximum atomic E-state index is 13.0. The summed E-state index contributed by atoms with van der Waals surface area (Å²) in [5, 5.41) is 0. The fraction of sp³-hybridized carbons (Fsp3) is 0.364. The van der Waals surface area contributed by atoms with Crippen molar-refractivity contribution in [3.63, 3.8) is 0 Å². The molecule has 0 bridgehead atoms. The fourth-order valence-corrected chi connectivity index (χ4v) is 1.17. The molecule has 0 fully saturated rings. The van der Waals surface area contributed by atoms with Gasteiger partial charge in [-0.15, -0.1) is 0 Å². The van der Waals surface area contributed by atoms with Crippen LogP contribution in [0.4, 0.5) is 14.5 Å². The number of nitrogen functional groups attached to an aromatic ring is 1. The predicted molar refractivity (Wildman–Crippen MR) is 58.0 cm³/mol. The van der Waals surface area contributed by atoms with Crippen molar-refractivity contribution in [1.29, 1.82) is 0 Å². The minimum Gasteiger partial charge on any atom is -0.398 e. The Kier molecular flexibility index (Phi) is 3.47. The average molecular weight is 228 g/mol. The zero-order valence-corrected chi connectivity index (χ0v) is 9.42. The molecule has 0 heterocycles. The number of nitrogens with zero attached hydrogens (tertiary/aromatic N) is 1. The number of carbonyl (C=O) groups excluding carboxylic acids is 1. The molecule has 1 rings (SSSR count). The topological polar surface area (TPSA) is 46.3 Å². The Morgan fingerprint density at radius 2 is 1.81 bits per heavy atom. The Hall–Kier alpha value is -1.65. The van der Waals surface area contributed by atoms with Gasteiger partial charge in [-0.2, -0.15) is 0 Å². The Morgan fingerprint density at radius 3 is 2.31 bits per heavy atom. The first-order valence-corrected chi connectivity index (χ1v) is 4.86. The smallest absolute Gasteiger partial charge is 0.256 e. The lowest BCUT2D eigenvalue weighted by molar-refractivity contribution is 0.0755. The van der Waals surface area contributed by atoms with Crippen LogP contribution in [-0.4, -0.2) is 23.9 Å². The van der Waals surface area contributed by atoms with E-state index in [-0.39, 0.29) is 17.3 Å². The van der Waals surface area contributed by atoms with Crippen LogP contribution in [0.1, 0.15) is 24.2 Å². The van der Waals surface area contributed by atoms with Gasteiger partial charge in [-0.05, 0) is 19.9 Å². The molecule has 0 saturated carbocycles. The molecule has 0 aliphatic heterocycles. The van der Waals surface area contributed by atoms with Crippen molar-refractivity contribution in [1.82, 2.24) is 4.90 Å². The van der Waals surface area contributed by atoms with Gasteiger partial charge >= 0.3 is 0 Å². The molecule has 0 saturated heterocycles. The van der Waals surface area contributed by atoms with Crippen LogP contribution in [0.3, 0.4) is 0 Å². The molecule has 1 aromatic rings. The Balaban J connectivity index is 3.14. The van der Waals surface area contributed by atoms with E-state index in [0.717, 1.165) is 12.1 Å². The van der Waals surface area contributed by atoms with E-state index >= 15 is 0 Å². The zero-order chi connectivity index (χ0) is 12.5. The molecule has 0 unspecified atom stereocenters. The number of halogens is 2. The Bertz CT molecular complexity index is 419. The average Bonchev–Trinajstić information content (AvgIpc) is 2.21. The monoisotopic (exact) mass is 228 g/mol. The molecule has 3 nitrogen and oxygen atoms in total. The van der Waals surface area contributed by atoms with Gasteiger partial charge in [0.05, 0.1) is 5.56 Å². The summed E-state index contributed by atoms with van der Waals surface area (Å²) >= 11 is 0. The Labute approximate surface area is 92.8 Å². The molecular weight excluding hydrogens is 214 g/mol. The van der Waals surface area contributed by atoms with E-state index in [1.807, 2.05) is 13.8 Å². The van der Waals surface area contributed by atoms with Crippen molar-refractivity contribution in [2.75, 3.05) is 12.8 Å². The molecule has 88 valence electrons. The van der Waals surface area contributed by atoms with Crippen molar-refractivity contribution in [2.45, 2.75) is 19.9 Å². The normalized spacial score (nSPS) is 10.6. The van der Waals surface area contributed by atoms with Crippen LogP contribution in [0.2, 0.25) is 0 Å². The lowest BCUT2D eigenvalue weighted by atomic mass is 10.1. The molecule has 2 N–H and O–H groups in total.